The van der Waals surface area contributed by atoms with Crippen LogP contribution >= 0.6 is 0 Å². The zero-order valence-electron chi connectivity index (χ0n) is 12.4. The van der Waals surface area contributed by atoms with Gasteiger partial charge in [0.05, 0.1) is 12.7 Å². The number of aliphatic hydroxyl groups is 1. The lowest BCUT2D eigenvalue weighted by Crippen LogP contribution is -2.27. The first kappa shape index (κ1) is 15.9. The van der Waals surface area contributed by atoms with Gasteiger partial charge in [-0.2, -0.15) is 0 Å². The third kappa shape index (κ3) is 4.49. The molecule has 0 saturated heterocycles. The summed E-state index contributed by atoms with van der Waals surface area (Å²) in [5.41, 5.74) is 1.05. The highest BCUT2D eigenvalue weighted by atomic mass is 16.5. The molecule has 0 fully saturated rings. The molecule has 0 spiro atoms. The number of methoxy groups -OCH3 is 1. The number of esters is 1. The lowest BCUT2D eigenvalue weighted by molar-refractivity contribution is 0.0601. The van der Waals surface area contributed by atoms with E-state index >= 15 is 0 Å². The van der Waals surface area contributed by atoms with Crippen molar-refractivity contribution in [3.05, 3.63) is 60.2 Å². The molecule has 0 saturated carbocycles. The Labute approximate surface area is 129 Å². The van der Waals surface area contributed by atoms with E-state index in [0.717, 1.165) is 0 Å². The van der Waals surface area contributed by atoms with Crippen LogP contribution in [0.3, 0.4) is 0 Å². The van der Waals surface area contributed by atoms with Crippen molar-refractivity contribution in [2.24, 2.45) is 0 Å². The normalized spacial score (nSPS) is 11.5. The van der Waals surface area contributed by atoms with E-state index in [4.69, 9.17) is 9.47 Å². The first-order valence-corrected chi connectivity index (χ1v) is 6.98. The average molecular weight is 301 g/mol. The van der Waals surface area contributed by atoms with Crippen molar-refractivity contribution in [1.82, 2.24) is 0 Å². The summed E-state index contributed by atoms with van der Waals surface area (Å²) in [5.74, 6) is 0.287. The molecule has 2 aromatic carbocycles. The predicted octanol–water partition coefficient (Wildman–Crippen LogP) is 2.33. The molecular weight excluding hydrogens is 282 g/mol. The van der Waals surface area contributed by atoms with Crippen LogP contribution in [0.5, 0.6) is 5.75 Å². The quantitative estimate of drug-likeness (QED) is 0.768. The molecule has 0 aromatic heterocycles. The van der Waals surface area contributed by atoms with E-state index in [1.807, 2.05) is 36.4 Å². The van der Waals surface area contributed by atoms with Gasteiger partial charge in [0.1, 0.15) is 18.5 Å². The fourth-order valence-corrected chi connectivity index (χ4v) is 1.92. The number of nitrogens with one attached hydrogen (secondary N) is 1. The molecule has 0 aliphatic rings. The van der Waals surface area contributed by atoms with E-state index in [0.29, 0.717) is 17.0 Å². The summed E-state index contributed by atoms with van der Waals surface area (Å²) in [4.78, 5) is 11.6. The molecule has 1 unspecified atom stereocenters. The van der Waals surface area contributed by atoms with Crippen molar-refractivity contribution in [3.8, 4) is 5.75 Å². The van der Waals surface area contributed by atoms with E-state index in [-0.39, 0.29) is 13.2 Å². The summed E-state index contributed by atoms with van der Waals surface area (Å²) in [6.45, 7) is 0.429. The van der Waals surface area contributed by atoms with Crippen LogP contribution in [0.4, 0.5) is 5.69 Å². The Balaban J connectivity index is 1.86. The lowest BCUT2D eigenvalue weighted by Gasteiger charge is -2.15. The minimum Gasteiger partial charge on any atom is -0.491 e. The summed E-state index contributed by atoms with van der Waals surface area (Å²) >= 11 is 0. The van der Waals surface area contributed by atoms with Gasteiger partial charge in [-0.05, 0) is 24.3 Å². The van der Waals surface area contributed by atoms with Gasteiger partial charge in [-0.15, -0.1) is 0 Å². The molecular formula is C17H19NO4. The van der Waals surface area contributed by atoms with Gasteiger partial charge in [0.25, 0.3) is 0 Å². The Morgan fingerprint density at radius 3 is 2.55 bits per heavy atom. The Kier molecular flexibility index (Phi) is 5.80. The fraction of sp³-hybridized carbons (Fsp3) is 0.235. The number of aliphatic hydroxyl groups excluding tert-OH is 1. The molecule has 0 bridgehead atoms. The zero-order valence-corrected chi connectivity index (χ0v) is 12.4. The topological polar surface area (TPSA) is 67.8 Å². The van der Waals surface area contributed by atoms with E-state index in [1.54, 1.807) is 18.2 Å². The zero-order chi connectivity index (χ0) is 15.8. The highest BCUT2D eigenvalue weighted by Crippen LogP contribution is 2.16. The molecule has 22 heavy (non-hydrogen) atoms. The minimum atomic E-state index is -0.703. The van der Waals surface area contributed by atoms with Crippen LogP contribution in [0.15, 0.2) is 54.6 Å². The summed E-state index contributed by atoms with van der Waals surface area (Å²) in [6, 6.07) is 16.3. The molecule has 5 nitrogen and oxygen atoms in total. The highest BCUT2D eigenvalue weighted by Gasteiger charge is 2.12. The summed E-state index contributed by atoms with van der Waals surface area (Å²) in [6.07, 6.45) is -0.703. The van der Waals surface area contributed by atoms with Crippen LogP contribution in [0.1, 0.15) is 10.4 Å². The third-order valence-electron chi connectivity index (χ3n) is 3.05. The second-order valence-corrected chi connectivity index (χ2v) is 4.70. The van der Waals surface area contributed by atoms with E-state index < -0.39 is 12.1 Å². The highest BCUT2D eigenvalue weighted by molar-refractivity contribution is 5.95. The molecule has 0 aliphatic heterocycles. The van der Waals surface area contributed by atoms with Crippen LogP contribution in [-0.4, -0.2) is 37.4 Å². The Morgan fingerprint density at radius 2 is 1.82 bits per heavy atom. The SMILES string of the molecule is COC(=O)c1ccccc1NCC(O)COc1ccccc1. The molecule has 2 rings (SSSR count). The maximum absolute atomic E-state index is 11.6. The Bertz CT molecular complexity index is 601. The van der Waals surface area contributed by atoms with E-state index in [2.05, 4.69) is 5.32 Å². The molecule has 0 aliphatic carbocycles. The average Bonchev–Trinajstić information content (AvgIpc) is 2.58. The number of hydrogen-bond acceptors (Lipinski definition) is 5. The van der Waals surface area contributed by atoms with Gasteiger partial charge < -0.3 is 19.9 Å². The Hall–Kier alpha value is -2.53. The smallest absolute Gasteiger partial charge is 0.339 e. The number of para-hydroxylation sites is 2. The number of benzene rings is 2. The lowest BCUT2D eigenvalue weighted by atomic mass is 10.1. The van der Waals surface area contributed by atoms with Gasteiger partial charge in [-0.1, -0.05) is 30.3 Å². The number of carbonyl (C=O) groups is 1. The monoisotopic (exact) mass is 301 g/mol. The van der Waals surface area contributed by atoms with Crippen LogP contribution in [0, 0.1) is 0 Å². The molecule has 5 heteroatoms. The van der Waals surface area contributed by atoms with Crippen LogP contribution in [-0.2, 0) is 4.74 Å². The summed E-state index contributed by atoms with van der Waals surface area (Å²) in [7, 11) is 1.33. The Morgan fingerprint density at radius 1 is 1.14 bits per heavy atom. The van der Waals surface area contributed by atoms with E-state index in [9.17, 15) is 9.90 Å². The van der Waals surface area contributed by atoms with Crippen LogP contribution < -0.4 is 10.1 Å². The van der Waals surface area contributed by atoms with Gasteiger partial charge in [0.2, 0.25) is 0 Å². The standard InChI is InChI=1S/C17H19NO4/c1-21-17(20)15-9-5-6-10-16(15)18-11-13(19)12-22-14-7-3-2-4-8-14/h2-10,13,18-19H,11-12H2,1H3. The molecule has 116 valence electrons. The van der Waals surface area contributed by atoms with Crippen molar-refractivity contribution < 1.29 is 19.4 Å². The van der Waals surface area contributed by atoms with Crippen LogP contribution in [0.2, 0.25) is 0 Å². The molecule has 0 radical (unpaired) electrons. The van der Waals surface area contributed by atoms with Crippen molar-refractivity contribution in [2.75, 3.05) is 25.6 Å². The third-order valence-corrected chi connectivity index (χ3v) is 3.05. The van der Waals surface area contributed by atoms with Crippen molar-refractivity contribution in [1.29, 1.82) is 0 Å². The number of carbonyl (C=O) groups excluding carboxylic acids is 1. The van der Waals surface area contributed by atoms with Gasteiger partial charge in [-0.25, -0.2) is 4.79 Å². The number of hydrogen-bond donors (Lipinski definition) is 2. The van der Waals surface area contributed by atoms with Gasteiger partial charge in [0, 0.05) is 12.2 Å². The molecule has 0 amide bonds. The second-order valence-electron chi connectivity index (χ2n) is 4.70. The summed E-state index contributed by atoms with van der Waals surface area (Å²) in [5, 5.41) is 13.0. The molecule has 2 N–H and O–H groups in total. The molecule has 0 heterocycles. The number of anilines is 1. The second kappa shape index (κ2) is 8.05. The number of rotatable bonds is 7. The van der Waals surface area contributed by atoms with Gasteiger partial charge in [-0.3, -0.25) is 0 Å². The van der Waals surface area contributed by atoms with Gasteiger partial charge in [0.15, 0.2) is 0 Å². The van der Waals surface area contributed by atoms with Gasteiger partial charge >= 0.3 is 5.97 Å². The fourth-order valence-electron chi connectivity index (χ4n) is 1.92. The maximum atomic E-state index is 11.6. The predicted molar refractivity (Wildman–Crippen MR) is 84.2 cm³/mol. The molecule has 1 atom stereocenters. The van der Waals surface area contributed by atoms with Crippen molar-refractivity contribution >= 4 is 11.7 Å². The number of ether oxygens (including phenoxy) is 2. The van der Waals surface area contributed by atoms with E-state index in [1.165, 1.54) is 7.11 Å². The summed E-state index contributed by atoms with van der Waals surface area (Å²) < 4.78 is 10.2. The van der Waals surface area contributed by atoms with Crippen molar-refractivity contribution in [3.63, 3.8) is 0 Å². The first-order chi connectivity index (χ1) is 10.7. The maximum Gasteiger partial charge on any atom is 0.339 e. The van der Waals surface area contributed by atoms with Crippen molar-refractivity contribution in [2.45, 2.75) is 6.10 Å². The molecule has 2 aromatic rings. The largest absolute Gasteiger partial charge is 0.491 e. The van der Waals surface area contributed by atoms with Crippen LogP contribution in [0.25, 0.3) is 0 Å². The minimum absolute atomic E-state index is 0.164. The first-order valence-electron chi connectivity index (χ1n) is 6.98.